The number of para-hydroxylation sites is 2. The standard InChI is InChI=1S/C20H23N5O2S/c1-13-8-7-9-14(2)19(13)25-20(22-23-24-25)28-12-18(26)21-15(3)16-10-5-6-11-17(16)27-4/h5-11,15H,12H2,1-4H3,(H,21,26). The molecular formula is C20H23N5O2S. The molecule has 0 bridgehead atoms. The molecule has 0 fully saturated rings. The Morgan fingerprint density at radius 2 is 1.89 bits per heavy atom. The number of hydrogen-bond acceptors (Lipinski definition) is 6. The van der Waals surface area contributed by atoms with Crippen LogP contribution in [0.25, 0.3) is 5.69 Å². The maximum atomic E-state index is 12.5. The molecule has 8 heteroatoms. The van der Waals surface area contributed by atoms with Crippen molar-refractivity contribution in [2.45, 2.75) is 32.0 Å². The quantitative estimate of drug-likeness (QED) is 0.616. The number of amides is 1. The van der Waals surface area contributed by atoms with Gasteiger partial charge >= 0.3 is 0 Å². The van der Waals surface area contributed by atoms with Crippen molar-refractivity contribution in [2.75, 3.05) is 12.9 Å². The van der Waals surface area contributed by atoms with Gasteiger partial charge in [-0.1, -0.05) is 48.2 Å². The number of nitrogens with one attached hydrogen (secondary N) is 1. The Labute approximate surface area is 168 Å². The van der Waals surface area contributed by atoms with Crippen LogP contribution in [0.2, 0.25) is 0 Å². The van der Waals surface area contributed by atoms with Gasteiger partial charge in [-0.3, -0.25) is 4.79 Å². The van der Waals surface area contributed by atoms with Gasteiger partial charge in [-0.05, 0) is 48.4 Å². The van der Waals surface area contributed by atoms with Crippen LogP contribution in [-0.2, 0) is 4.79 Å². The Balaban J connectivity index is 1.67. The first-order chi connectivity index (χ1) is 13.5. The lowest BCUT2D eigenvalue weighted by Crippen LogP contribution is -2.28. The van der Waals surface area contributed by atoms with Gasteiger partial charge in [-0.25, -0.2) is 0 Å². The second-order valence-corrected chi connectivity index (χ2v) is 7.38. The topological polar surface area (TPSA) is 81.9 Å². The number of nitrogens with zero attached hydrogens (tertiary/aromatic N) is 4. The van der Waals surface area contributed by atoms with Crippen molar-refractivity contribution in [3.8, 4) is 11.4 Å². The predicted molar refractivity (Wildman–Crippen MR) is 109 cm³/mol. The molecule has 0 aliphatic heterocycles. The highest BCUT2D eigenvalue weighted by Gasteiger charge is 2.17. The molecule has 0 radical (unpaired) electrons. The van der Waals surface area contributed by atoms with Gasteiger partial charge in [-0.2, -0.15) is 4.68 Å². The smallest absolute Gasteiger partial charge is 0.230 e. The number of ether oxygens (including phenoxy) is 1. The number of methoxy groups -OCH3 is 1. The minimum absolute atomic E-state index is 0.0977. The van der Waals surface area contributed by atoms with E-state index in [0.29, 0.717) is 5.16 Å². The molecule has 2 aromatic carbocycles. The van der Waals surface area contributed by atoms with Crippen molar-refractivity contribution in [3.63, 3.8) is 0 Å². The van der Waals surface area contributed by atoms with Gasteiger partial charge in [0.1, 0.15) is 5.75 Å². The maximum Gasteiger partial charge on any atom is 0.230 e. The van der Waals surface area contributed by atoms with Gasteiger partial charge < -0.3 is 10.1 Å². The molecular weight excluding hydrogens is 374 g/mol. The van der Waals surface area contributed by atoms with Crippen LogP contribution in [0.3, 0.4) is 0 Å². The van der Waals surface area contributed by atoms with Crippen LogP contribution in [0.1, 0.15) is 29.7 Å². The molecule has 1 amide bonds. The highest BCUT2D eigenvalue weighted by atomic mass is 32.2. The summed E-state index contributed by atoms with van der Waals surface area (Å²) < 4.78 is 7.05. The lowest BCUT2D eigenvalue weighted by molar-refractivity contribution is -0.119. The van der Waals surface area contributed by atoms with Gasteiger partial charge in [-0.15, -0.1) is 5.10 Å². The van der Waals surface area contributed by atoms with Crippen LogP contribution in [0.5, 0.6) is 5.75 Å². The molecule has 1 heterocycles. The SMILES string of the molecule is COc1ccccc1C(C)NC(=O)CSc1nnnn1-c1c(C)cccc1C. The van der Waals surface area contributed by atoms with E-state index in [-0.39, 0.29) is 17.7 Å². The molecule has 0 aliphatic rings. The molecule has 1 N–H and O–H groups in total. The molecule has 1 aromatic heterocycles. The second-order valence-electron chi connectivity index (χ2n) is 6.43. The minimum atomic E-state index is -0.168. The van der Waals surface area contributed by atoms with Crippen LogP contribution in [-0.4, -0.2) is 39.0 Å². The Morgan fingerprint density at radius 3 is 2.61 bits per heavy atom. The van der Waals surface area contributed by atoms with Crippen LogP contribution in [0.4, 0.5) is 0 Å². The number of thioether (sulfide) groups is 1. The summed E-state index contributed by atoms with van der Waals surface area (Å²) in [7, 11) is 1.62. The maximum absolute atomic E-state index is 12.5. The van der Waals surface area contributed by atoms with Gasteiger partial charge in [0.2, 0.25) is 11.1 Å². The Morgan fingerprint density at radius 1 is 1.18 bits per heavy atom. The van der Waals surface area contributed by atoms with Gasteiger partial charge in [0.25, 0.3) is 0 Å². The molecule has 1 unspecified atom stereocenters. The Kier molecular flexibility index (Phi) is 6.30. The highest BCUT2D eigenvalue weighted by molar-refractivity contribution is 7.99. The molecule has 3 aromatic rings. The van der Waals surface area contributed by atoms with Crippen molar-refractivity contribution in [1.29, 1.82) is 0 Å². The van der Waals surface area contributed by atoms with E-state index >= 15 is 0 Å². The number of carbonyl (C=O) groups excluding carboxylic acids is 1. The fourth-order valence-electron chi connectivity index (χ4n) is 3.06. The van der Waals surface area contributed by atoms with Crippen LogP contribution < -0.4 is 10.1 Å². The van der Waals surface area contributed by atoms with Crippen molar-refractivity contribution in [3.05, 3.63) is 59.2 Å². The monoisotopic (exact) mass is 397 g/mol. The Hall–Kier alpha value is -2.87. The zero-order chi connectivity index (χ0) is 20.1. The number of rotatable bonds is 7. The largest absolute Gasteiger partial charge is 0.496 e. The summed E-state index contributed by atoms with van der Waals surface area (Å²) in [5.41, 5.74) is 4.02. The van der Waals surface area contributed by atoms with Gasteiger partial charge in [0.05, 0.1) is 24.6 Å². The molecule has 28 heavy (non-hydrogen) atoms. The third-order valence-corrected chi connectivity index (χ3v) is 5.33. The molecule has 146 valence electrons. The molecule has 1 atom stereocenters. The Bertz CT molecular complexity index is 952. The number of hydrogen-bond donors (Lipinski definition) is 1. The van der Waals surface area contributed by atoms with Crippen LogP contribution in [0, 0.1) is 13.8 Å². The van der Waals surface area contributed by atoms with Crippen molar-refractivity contribution >= 4 is 17.7 Å². The number of carbonyl (C=O) groups is 1. The minimum Gasteiger partial charge on any atom is -0.496 e. The predicted octanol–water partition coefficient (Wildman–Crippen LogP) is 3.26. The summed E-state index contributed by atoms with van der Waals surface area (Å²) in [4.78, 5) is 12.5. The first-order valence-electron chi connectivity index (χ1n) is 8.91. The zero-order valence-corrected chi connectivity index (χ0v) is 17.2. The van der Waals surface area contributed by atoms with Crippen molar-refractivity contribution < 1.29 is 9.53 Å². The van der Waals surface area contributed by atoms with Crippen molar-refractivity contribution in [2.24, 2.45) is 0 Å². The molecule has 3 rings (SSSR count). The normalized spacial score (nSPS) is 11.9. The van der Waals surface area contributed by atoms with Crippen LogP contribution >= 0.6 is 11.8 Å². The second kappa shape index (κ2) is 8.88. The van der Waals surface area contributed by atoms with E-state index in [9.17, 15) is 4.79 Å². The van der Waals surface area contributed by atoms with Gasteiger partial charge in [0, 0.05) is 5.56 Å². The summed E-state index contributed by atoms with van der Waals surface area (Å²) in [6.45, 7) is 5.96. The first kappa shape index (κ1) is 19.9. The molecule has 0 spiro atoms. The fraction of sp³-hybridized carbons (Fsp3) is 0.300. The first-order valence-corrected chi connectivity index (χ1v) is 9.90. The van der Waals surface area contributed by atoms with E-state index in [4.69, 9.17) is 4.74 Å². The molecule has 0 saturated carbocycles. The van der Waals surface area contributed by atoms with E-state index in [0.717, 1.165) is 28.1 Å². The number of aromatic nitrogens is 4. The number of tetrazole rings is 1. The van der Waals surface area contributed by atoms with E-state index in [1.54, 1.807) is 11.8 Å². The number of aryl methyl sites for hydroxylation is 2. The summed E-state index contributed by atoms with van der Waals surface area (Å²) >= 11 is 1.30. The molecule has 7 nitrogen and oxygen atoms in total. The highest BCUT2D eigenvalue weighted by Crippen LogP contribution is 2.25. The van der Waals surface area contributed by atoms with E-state index in [2.05, 4.69) is 20.8 Å². The van der Waals surface area contributed by atoms with Crippen molar-refractivity contribution in [1.82, 2.24) is 25.5 Å². The van der Waals surface area contributed by atoms with E-state index in [1.165, 1.54) is 11.8 Å². The van der Waals surface area contributed by atoms with E-state index < -0.39 is 0 Å². The zero-order valence-electron chi connectivity index (χ0n) is 16.3. The lowest BCUT2D eigenvalue weighted by atomic mass is 10.1. The van der Waals surface area contributed by atoms with E-state index in [1.807, 2.05) is 63.2 Å². The number of benzene rings is 2. The fourth-order valence-corrected chi connectivity index (χ4v) is 3.75. The summed E-state index contributed by atoms with van der Waals surface area (Å²) in [5, 5.41) is 15.5. The molecule has 0 aliphatic carbocycles. The average molecular weight is 398 g/mol. The third kappa shape index (κ3) is 4.33. The average Bonchev–Trinajstić information content (AvgIpc) is 3.14. The van der Waals surface area contributed by atoms with Gasteiger partial charge in [0.15, 0.2) is 0 Å². The lowest BCUT2D eigenvalue weighted by Gasteiger charge is -2.17. The summed E-state index contributed by atoms with van der Waals surface area (Å²) in [6, 6.07) is 13.5. The molecule has 0 saturated heterocycles. The third-order valence-electron chi connectivity index (χ3n) is 4.41. The summed E-state index contributed by atoms with van der Waals surface area (Å²) in [5.74, 6) is 0.867. The van der Waals surface area contributed by atoms with Crippen LogP contribution in [0.15, 0.2) is 47.6 Å². The summed E-state index contributed by atoms with van der Waals surface area (Å²) in [6.07, 6.45) is 0.